The van der Waals surface area contributed by atoms with E-state index in [9.17, 15) is 18.3 Å². The molecule has 0 saturated heterocycles. The van der Waals surface area contributed by atoms with Crippen LogP contribution < -0.4 is 10.0 Å². The minimum atomic E-state index is -3.95. The molecule has 2 aromatic rings. The molecule has 0 radical (unpaired) electrons. The quantitative estimate of drug-likeness (QED) is 0.415. The number of nitrogens with one attached hydrogen (secondary N) is 2. The van der Waals surface area contributed by atoms with Crippen molar-refractivity contribution in [3.8, 4) is 5.75 Å². The van der Waals surface area contributed by atoms with Crippen LogP contribution in [0.25, 0.3) is 0 Å². The Balaban J connectivity index is 2.16. The number of sulfonamides is 1. The lowest BCUT2D eigenvalue weighted by molar-refractivity contribution is -0.126. The molecule has 0 bridgehead atoms. The summed E-state index contributed by atoms with van der Waals surface area (Å²) in [4.78, 5) is 12.1. The predicted octanol–water partition coefficient (Wildman–Crippen LogP) is 3.99. The van der Waals surface area contributed by atoms with Crippen LogP contribution in [0.4, 0.5) is 11.4 Å². The summed E-state index contributed by atoms with van der Waals surface area (Å²) in [5, 5.41) is 12.9. The fraction of sp³-hybridized carbons (Fsp3) is 0.316. The first-order valence-electron chi connectivity index (χ1n) is 8.77. The van der Waals surface area contributed by atoms with E-state index in [1.54, 1.807) is 25.1 Å². The summed E-state index contributed by atoms with van der Waals surface area (Å²) in [7, 11) is -3.95. The molecule has 0 spiro atoms. The first kappa shape index (κ1) is 22.0. The van der Waals surface area contributed by atoms with Crippen LogP contribution in [0.1, 0.15) is 26.7 Å². The number of hydrogen-bond donors (Lipinski definition) is 3. The number of phenols is 1. The molecule has 1 atom stereocenters. The highest BCUT2D eigenvalue weighted by Gasteiger charge is 2.19. The second-order valence-corrected chi connectivity index (χ2v) is 8.27. The molecule has 0 aliphatic carbocycles. The summed E-state index contributed by atoms with van der Waals surface area (Å²) in [6, 6.07) is 9.88. The fourth-order valence-electron chi connectivity index (χ4n) is 2.26. The summed E-state index contributed by atoms with van der Waals surface area (Å²) in [5.41, 5.74) is 0.272. The third-order valence-electron chi connectivity index (χ3n) is 3.85. The lowest BCUT2D eigenvalue weighted by Crippen LogP contribution is -2.28. The summed E-state index contributed by atoms with van der Waals surface area (Å²) < 4.78 is 33.0. The van der Waals surface area contributed by atoms with Gasteiger partial charge in [-0.05, 0) is 49.7 Å². The molecular formula is C19H23ClN2O5S. The molecule has 9 heteroatoms. The molecule has 1 amide bonds. The highest BCUT2D eigenvalue weighted by atomic mass is 35.5. The second-order valence-electron chi connectivity index (χ2n) is 6.15. The van der Waals surface area contributed by atoms with Gasteiger partial charge in [0.05, 0.1) is 16.3 Å². The van der Waals surface area contributed by atoms with Crippen molar-refractivity contribution in [2.24, 2.45) is 0 Å². The number of rotatable bonds is 9. The van der Waals surface area contributed by atoms with Crippen LogP contribution in [-0.4, -0.2) is 32.1 Å². The number of halogens is 1. The summed E-state index contributed by atoms with van der Waals surface area (Å²) >= 11 is 5.87. The van der Waals surface area contributed by atoms with E-state index < -0.39 is 22.0 Å². The number of amides is 1. The van der Waals surface area contributed by atoms with E-state index in [4.69, 9.17) is 16.3 Å². The van der Waals surface area contributed by atoms with Gasteiger partial charge in [0.1, 0.15) is 11.9 Å². The SMILES string of the molecule is CCCCOC(C)C(=O)Nc1cc(S(=O)(=O)Nc2cccc(Cl)c2)ccc1O. The van der Waals surface area contributed by atoms with Gasteiger partial charge in [-0.15, -0.1) is 0 Å². The zero-order valence-corrected chi connectivity index (χ0v) is 17.2. The maximum atomic E-state index is 12.6. The highest BCUT2D eigenvalue weighted by molar-refractivity contribution is 7.92. The second kappa shape index (κ2) is 9.77. The molecule has 0 fully saturated rings. The molecular weight excluding hydrogens is 404 g/mol. The number of aromatic hydroxyl groups is 1. The molecule has 28 heavy (non-hydrogen) atoms. The van der Waals surface area contributed by atoms with Gasteiger partial charge in [-0.3, -0.25) is 9.52 Å². The Bertz CT molecular complexity index is 934. The van der Waals surface area contributed by atoms with E-state index in [-0.39, 0.29) is 16.3 Å². The van der Waals surface area contributed by atoms with Gasteiger partial charge >= 0.3 is 0 Å². The molecule has 0 saturated carbocycles. The maximum absolute atomic E-state index is 12.6. The number of ether oxygens (including phenoxy) is 1. The van der Waals surface area contributed by atoms with Gasteiger partial charge in [0.2, 0.25) is 0 Å². The Kier molecular flexibility index (Phi) is 7.68. The Morgan fingerprint density at radius 3 is 2.68 bits per heavy atom. The summed E-state index contributed by atoms with van der Waals surface area (Å²) in [5.74, 6) is -0.737. The molecule has 0 aromatic heterocycles. The normalized spacial score (nSPS) is 12.4. The lowest BCUT2D eigenvalue weighted by Gasteiger charge is -2.15. The van der Waals surface area contributed by atoms with Crippen molar-refractivity contribution in [1.29, 1.82) is 0 Å². The van der Waals surface area contributed by atoms with Gasteiger partial charge in [-0.1, -0.05) is 31.0 Å². The van der Waals surface area contributed by atoms with Crippen molar-refractivity contribution in [3.05, 3.63) is 47.5 Å². The molecule has 7 nitrogen and oxygen atoms in total. The average Bonchev–Trinajstić information content (AvgIpc) is 2.63. The van der Waals surface area contributed by atoms with Crippen molar-refractivity contribution >= 4 is 38.9 Å². The molecule has 2 rings (SSSR count). The topological polar surface area (TPSA) is 105 Å². The van der Waals surface area contributed by atoms with Crippen molar-refractivity contribution in [1.82, 2.24) is 0 Å². The molecule has 0 heterocycles. The van der Waals surface area contributed by atoms with Crippen LogP contribution in [0.3, 0.4) is 0 Å². The molecule has 1 unspecified atom stereocenters. The van der Waals surface area contributed by atoms with E-state index in [0.717, 1.165) is 12.8 Å². The summed E-state index contributed by atoms with van der Waals surface area (Å²) in [6.45, 7) is 4.04. The minimum Gasteiger partial charge on any atom is -0.506 e. The minimum absolute atomic E-state index is 0.0232. The van der Waals surface area contributed by atoms with Gasteiger partial charge in [0.15, 0.2) is 0 Å². The molecule has 0 aliphatic rings. The number of carbonyl (C=O) groups is 1. The molecule has 152 valence electrons. The van der Waals surface area contributed by atoms with E-state index in [2.05, 4.69) is 10.0 Å². The van der Waals surface area contributed by atoms with E-state index in [1.807, 2.05) is 6.92 Å². The van der Waals surface area contributed by atoms with E-state index in [1.165, 1.54) is 24.3 Å². The monoisotopic (exact) mass is 426 g/mol. The van der Waals surface area contributed by atoms with Gasteiger partial charge in [0.25, 0.3) is 15.9 Å². The van der Waals surface area contributed by atoms with Gasteiger partial charge in [0, 0.05) is 11.6 Å². The van der Waals surface area contributed by atoms with Gasteiger partial charge < -0.3 is 15.2 Å². The van der Waals surface area contributed by atoms with Gasteiger partial charge in [-0.25, -0.2) is 8.42 Å². The first-order chi connectivity index (χ1) is 13.2. The lowest BCUT2D eigenvalue weighted by atomic mass is 10.2. The van der Waals surface area contributed by atoms with Crippen molar-refractivity contribution in [2.75, 3.05) is 16.6 Å². The van der Waals surface area contributed by atoms with Crippen molar-refractivity contribution in [3.63, 3.8) is 0 Å². The number of benzene rings is 2. The average molecular weight is 427 g/mol. The number of phenolic OH excluding ortho intramolecular Hbond substituents is 1. The third kappa shape index (κ3) is 6.12. The van der Waals surface area contributed by atoms with Crippen LogP contribution in [0.2, 0.25) is 5.02 Å². The number of anilines is 2. The molecule has 3 N–H and O–H groups in total. The van der Waals surface area contributed by atoms with Crippen LogP contribution >= 0.6 is 11.6 Å². The highest BCUT2D eigenvalue weighted by Crippen LogP contribution is 2.28. The third-order valence-corrected chi connectivity index (χ3v) is 5.46. The Labute approximate surface area is 169 Å². The fourth-order valence-corrected chi connectivity index (χ4v) is 3.53. The number of unbranched alkanes of at least 4 members (excludes halogenated alkanes) is 1. The first-order valence-corrected chi connectivity index (χ1v) is 10.6. The van der Waals surface area contributed by atoms with Crippen molar-refractivity contribution < 1.29 is 23.1 Å². The van der Waals surface area contributed by atoms with Crippen molar-refractivity contribution in [2.45, 2.75) is 37.7 Å². The Morgan fingerprint density at radius 1 is 1.25 bits per heavy atom. The predicted molar refractivity (Wildman–Crippen MR) is 109 cm³/mol. The maximum Gasteiger partial charge on any atom is 0.261 e. The zero-order valence-electron chi connectivity index (χ0n) is 15.6. The number of carbonyl (C=O) groups excluding carboxylic acids is 1. The van der Waals surface area contributed by atoms with E-state index >= 15 is 0 Å². The Hall–Kier alpha value is -2.29. The smallest absolute Gasteiger partial charge is 0.261 e. The number of hydrogen-bond acceptors (Lipinski definition) is 5. The van der Waals surface area contributed by atoms with Crippen LogP contribution in [0, 0.1) is 0 Å². The zero-order chi connectivity index (χ0) is 20.7. The molecule has 0 aliphatic heterocycles. The molecule has 2 aromatic carbocycles. The van der Waals surface area contributed by atoms with E-state index in [0.29, 0.717) is 17.3 Å². The van der Waals surface area contributed by atoms with Crippen LogP contribution in [0.15, 0.2) is 47.4 Å². The Morgan fingerprint density at radius 2 is 2.00 bits per heavy atom. The van der Waals surface area contributed by atoms with Crippen LogP contribution in [-0.2, 0) is 19.6 Å². The standard InChI is InChI=1S/C19H23ClN2O5S/c1-3-4-10-27-13(2)19(24)21-17-12-16(8-9-18(17)23)28(25,26)22-15-7-5-6-14(20)11-15/h5-9,11-13,22-23H,3-4,10H2,1-2H3,(H,21,24). The van der Waals surface area contributed by atoms with Gasteiger partial charge in [-0.2, -0.15) is 0 Å². The largest absolute Gasteiger partial charge is 0.506 e. The van der Waals surface area contributed by atoms with Crippen LogP contribution in [0.5, 0.6) is 5.75 Å². The summed E-state index contributed by atoms with van der Waals surface area (Å²) in [6.07, 6.45) is 1.02.